The third kappa shape index (κ3) is 4.95. The van der Waals surface area contributed by atoms with Crippen molar-refractivity contribution in [1.29, 1.82) is 0 Å². The fourth-order valence-electron chi connectivity index (χ4n) is 3.28. The zero-order chi connectivity index (χ0) is 18.9. The van der Waals surface area contributed by atoms with Crippen LogP contribution >= 0.6 is 0 Å². The maximum atomic E-state index is 12.2. The van der Waals surface area contributed by atoms with E-state index in [-0.39, 0.29) is 5.75 Å². The maximum Gasteiger partial charge on any atom is 0.573 e. The Bertz CT molecular complexity index is 751. The van der Waals surface area contributed by atoms with E-state index in [9.17, 15) is 13.2 Å². The second-order valence-corrected chi connectivity index (χ2v) is 7.01. The Labute approximate surface area is 154 Å². The molecular weight excluding hydrogens is 361 g/mol. The lowest BCUT2D eigenvalue weighted by molar-refractivity contribution is -0.274. The van der Waals surface area contributed by atoms with Gasteiger partial charge in [0.15, 0.2) is 5.82 Å². The van der Waals surface area contributed by atoms with Crippen molar-refractivity contribution in [3.8, 4) is 5.75 Å². The molecular formula is C17H21F3N6O. The van der Waals surface area contributed by atoms with Gasteiger partial charge in [-0.15, -0.1) is 18.3 Å². The van der Waals surface area contributed by atoms with Crippen molar-refractivity contribution in [2.45, 2.75) is 38.3 Å². The second kappa shape index (κ2) is 7.43. The molecule has 0 N–H and O–H groups in total. The van der Waals surface area contributed by atoms with Gasteiger partial charge in [0.25, 0.3) is 0 Å². The molecule has 0 radical (unpaired) electrons. The van der Waals surface area contributed by atoms with Crippen molar-refractivity contribution in [1.82, 2.24) is 30.0 Å². The summed E-state index contributed by atoms with van der Waals surface area (Å²) < 4.78 is 42.5. The molecule has 1 aromatic carbocycles. The zero-order valence-corrected chi connectivity index (χ0v) is 14.8. The van der Waals surface area contributed by atoms with E-state index in [0.717, 1.165) is 57.0 Å². The Hall–Kier alpha value is -2.20. The highest BCUT2D eigenvalue weighted by molar-refractivity contribution is 5.27. The van der Waals surface area contributed by atoms with Crippen LogP contribution in [-0.2, 0) is 13.1 Å². The summed E-state index contributed by atoms with van der Waals surface area (Å²) in [4.78, 5) is 4.63. The van der Waals surface area contributed by atoms with Gasteiger partial charge in [-0.05, 0) is 41.0 Å². The molecule has 0 unspecified atom stereocenters. The molecule has 1 aliphatic carbocycles. The lowest BCUT2D eigenvalue weighted by Gasteiger charge is -2.34. The first-order valence-corrected chi connectivity index (χ1v) is 9.02. The van der Waals surface area contributed by atoms with E-state index >= 15 is 0 Å². The van der Waals surface area contributed by atoms with Crippen molar-refractivity contribution in [2.75, 3.05) is 26.2 Å². The van der Waals surface area contributed by atoms with E-state index in [4.69, 9.17) is 0 Å². The first-order chi connectivity index (χ1) is 13.0. The largest absolute Gasteiger partial charge is 0.573 e. The normalized spacial score (nSPS) is 19.4. The van der Waals surface area contributed by atoms with E-state index in [1.54, 1.807) is 12.1 Å². The van der Waals surface area contributed by atoms with Gasteiger partial charge in [0.05, 0.1) is 12.6 Å². The Morgan fingerprint density at radius 1 is 0.963 bits per heavy atom. The Balaban J connectivity index is 1.25. The molecule has 2 aliphatic rings. The number of piperazine rings is 1. The van der Waals surface area contributed by atoms with Gasteiger partial charge >= 0.3 is 6.36 Å². The number of tetrazole rings is 1. The molecule has 4 rings (SSSR count). The molecule has 0 amide bonds. The van der Waals surface area contributed by atoms with Crippen molar-refractivity contribution in [3.63, 3.8) is 0 Å². The van der Waals surface area contributed by atoms with Crippen LogP contribution in [0.2, 0.25) is 0 Å². The number of aromatic nitrogens is 4. The Morgan fingerprint density at radius 2 is 1.59 bits per heavy atom. The molecule has 1 saturated heterocycles. The van der Waals surface area contributed by atoms with Crippen LogP contribution in [0.5, 0.6) is 5.75 Å². The summed E-state index contributed by atoms with van der Waals surface area (Å²) in [7, 11) is 0. The topological polar surface area (TPSA) is 59.3 Å². The van der Waals surface area contributed by atoms with Crippen LogP contribution in [-0.4, -0.2) is 62.5 Å². The number of halogens is 3. The summed E-state index contributed by atoms with van der Waals surface area (Å²) in [5.74, 6) is 0.732. The van der Waals surface area contributed by atoms with Crippen molar-refractivity contribution in [3.05, 3.63) is 35.7 Å². The summed E-state index contributed by atoms with van der Waals surface area (Å²) in [6, 6.07) is 6.54. The molecule has 1 saturated carbocycles. The van der Waals surface area contributed by atoms with Gasteiger partial charge in [0.2, 0.25) is 0 Å². The molecule has 0 spiro atoms. The standard InChI is InChI=1S/C17H21F3N6O/c18-17(19,20)27-15-5-1-13(2-6-15)11-24-7-9-25(10-8-24)12-16-21-22-23-26(16)14-3-4-14/h1-2,5-6,14H,3-4,7-12H2. The molecule has 2 aromatic rings. The van der Waals surface area contributed by atoms with E-state index in [0.29, 0.717) is 12.6 Å². The predicted octanol–water partition coefficient (Wildman–Crippen LogP) is 2.22. The zero-order valence-electron chi connectivity index (χ0n) is 14.8. The summed E-state index contributed by atoms with van der Waals surface area (Å²) in [5, 5.41) is 12.0. The van der Waals surface area contributed by atoms with Gasteiger partial charge in [-0.25, -0.2) is 4.68 Å². The van der Waals surface area contributed by atoms with Gasteiger partial charge in [-0.1, -0.05) is 12.1 Å². The number of rotatable bonds is 6. The molecule has 0 bridgehead atoms. The smallest absolute Gasteiger partial charge is 0.406 e. The minimum atomic E-state index is -4.66. The molecule has 27 heavy (non-hydrogen) atoms. The Kier molecular flexibility index (Phi) is 5.00. The minimum absolute atomic E-state index is 0.190. The number of hydrogen-bond donors (Lipinski definition) is 0. The molecule has 2 heterocycles. The summed E-state index contributed by atoms with van der Waals surface area (Å²) in [6.45, 7) is 5.07. The quantitative estimate of drug-likeness (QED) is 0.764. The number of hydrogen-bond acceptors (Lipinski definition) is 6. The molecule has 1 aliphatic heterocycles. The molecule has 146 valence electrons. The molecule has 0 atom stereocenters. The van der Waals surface area contributed by atoms with E-state index in [2.05, 4.69) is 30.1 Å². The van der Waals surface area contributed by atoms with Gasteiger partial charge in [0, 0.05) is 32.7 Å². The number of nitrogens with zero attached hydrogens (tertiary/aromatic N) is 6. The average molecular weight is 382 g/mol. The van der Waals surface area contributed by atoms with E-state index < -0.39 is 6.36 Å². The van der Waals surface area contributed by atoms with Crippen LogP contribution in [0.4, 0.5) is 13.2 Å². The van der Waals surface area contributed by atoms with Crippen molar-refractivity contribution in [2.24, 2.45) is 0 Å². The van der Waals surface area contributed by atoms with Crippen LogP contribution in [0.3, 0.4) is 0 Å². The number of benzene rings is 1. The number of alkyl halides is 3. The van der Waals surface area contributed by atoms with Gasteiger partial charge in [-0.2, -0.15) is 0 Å². The lowest BCUT2D eigenvalue weighted by atomic mass is 10.2. The summed E-state index contributed by atoms with van der Waals surface area (Å²) in [5.41, 5.74) is 0.968. The molecule has 10 heteroatoms. The van der Waals surface area contributed by atoms with Gasteiger partial charge in [0.1, 0.15) is 5.75 Å². The van der Waals surface area contributed by atoms with Crippen LogP contribution in [0.15, 0.2) is 24.3 Å². The van der Waals surface area contributed by atoms with Crippen LogP contribution < -0.4 is 4.74 Å². The highest BCUT2D eigenvalue weighted by Crippen LogP contribution is 2.34. The van der Waals surface area contributed by atoms with Crippen LogP contribution in [0, 0.1) is 0 Å². The first kappa shape index (κ1) is 18.2. The van der Waals surface area contributed by atoms with Gasteiger partial charge in [-0.3, -0.25) is 9.80 Å². The fourth-order valence-corrected chi connectivity index (χ4v) is 3.28. The van der Waals surface area contributed by atoms with E-state index in [1.165, 1.54) is 12.1 Å². The van der Waals surface area contributed by atoms with Gasteiger partial charge < -0.3 is 4.74 Å². The van der Waals surface area contributed by atoms with Crippen molar-refractivity contribution >= 4 is 0 Å². The van der Waals surface area contributed by atoms with E-state index in [1.807, 2.05) is 4.68 Å². The summed E-state index contributed by atoms with van der Waals surface area (Å²) >= 11 is 0. The highest BCUT2D eigenvalue weighted by atomic mass is 19.4. The monoisotopic (exact) mass is 382 g/mol. The molecule has 1 aromatic heterocycles. The average Bonchev–Trinajstić information content (AvgIpc) is 3.36. The number of ether oxygens (including phenoxy) is 1. The lowest BCUT2D eigenvalue weighted by Crippen LogP contribution is -2.45. The fraction of sp³-hybridized carbons (Fsp3) is 0.588. The third-order valence-electron chi connectivity index (χ3n) is 4.85. The SMILES string of the molecule is FC(F)(F)Oc1ccc(CN2CCN(Cc3nnnn3C3CC3)CC2)cc1. The van der Waals surface area contributed by atoms with Crippen molar-refractivity contribution < 1.29 is 17.9 Å². The maximum absolute atomic E-state index is 12.2. The molecule has 7 nitrogen and oxygen atoms in total. The summed E-state index contributed by atoms with van der Waals surface area (Å²) in [6.07, 6.45) is -2.35. The second-order valence-electron chi connectivity index (χ2n) is 7.01. The molecule has 2 fully saturated rings. The van der Waals surface area contributed by atoms with Crippen LogP contribution in [0.25, 0.3) is 0 Å². The Morgan fingerprint density at radius 3 is 2.19 bits per heavy atom. The first-order valence-electron chi connectivity index (χ1n) is 9.02. The highest BCUT2D eigenvalue weighted by Gasteiger charge is 2.31. The third-order valence-corrected chi connectivity index (χ3v) is 4.85. The minimum Gasteiger partial charge on any atom is -0.406 e. The van der Waals surface area contributed by atoms with Crippen LogP contribution in [0.1, 0.15) is 30.3 Å². The predicted molar refractivity (Wildman–Crippen MR) is 89.8 cm³/mol.